The van der Waals surface area contributed by atoms with Crippen LogP contribution in [0.2, 0.25) is 5.15 Å². The predicted molar refractivity (Wildman–Crippen MR) is 65.3 cm³/mol. The second kappa shape index (κ2) is 3.17. The van der Waals surface area contributed by atoms with E-state index in [1.807, 2.05) is 18.2 Å². The molecule has 84 valence electrons. The van der Waals surface area contributed by atoms with Crippen LogP contribution in [0.5, 0.6) is 0 Å². The van der Waals surface area contributed by atoms with E-state index in [2.05, 4.69) is 15.1 Å². The summed E-state index contributed by atoms with van der Waals surface area (Å²) in [6.07, 6.45) is 4.19. The van der Waals surface area contributed by atoms with Crippen LogP contribution in [0, 0.1) is 0 Å². The molecule has 4 nitrogen and oxygen atoms in total. The summed E-state index contributed by atoms with van der Waals surface area (Å²) in [5, 5.41) is 5.08. The molecule has 5 heteroatoms. The molecule has 4 rings (SSSR count). The molecule has 1 fully saturated rings. The monoisotopic (exact) mass is 244 g/mol. The van der Waals surface area contributed by atoms with E-state index in [4.69, 9.17) is 11.6 Å². The van der Waals surface area contributed by atoms with E-state index in [1.165, 1.54) is 12.8 Å². The first-order valence-electron chi connectivity index (χ1n) is 5.63. The minimum atomic E-state index is 0.491. The summed E-state index contributed by atoms with van der Waals surface area (Å²) in [5.41, 5.74) is 3.49. The van der Waals surface area contributed by atoms with Gasteiger partial charge in [-0.25, -0.2) is 14.5 Å². The van der Waals surface area contributed by atoms with Gasteiger partial charge in [0.2, 0.25) is 0 Å². The molecular weight excluding hydrogens is 236 g/mol. The van der Waals surface area contributed by atoms with Crippen LogP contribution in [-0.2, 0) is 0 Å². The van der Waals surface area contributed by atoms with E-state index in [9.17, 15) is 0 Å². The normalized spacial score (nSPS) is 15.8. The molecule has 1 saturated carbocycles. The number of pyridine rings is 1. The number of hydrogen-bond acceptors (Lipinski definition) is 3. The van der Waals surface area contributed by atoms with Crippen molar-refractivity contribution >= 4 is 28.3 Å². The van der Waals surface area contributed by atoms with Crippen molar-refractivity contribution in [1.29, 1.82) is 0 Å². The highest BCUT2D eigenvalue weighted by Gasteiger charge is 2.27. The van der Waals surface area contributed by atoms with Crippen LogP contribution in [-0.4, -0.2) is 19.6 Å². The van der Waals surface area contributed by atoms with Crippen LogP contribution < -0.4 is 0 Å². The molecule has 0 aromatic carbocycles. The molecule has 3 aromatic heterocycles. The Hall–Kier alpha value is -1.68. The van der Waals surface area contributed by atoms with Gasteiger partial charge in [0.25, 0.3) is 0 Å². The van der Waals surface area contributed by atoms with Gasteiger partial charge in [0.05, 0.1) is 5.69 Å². The summed E-state index contributed by atoms with van der Waals surface area (Å²) in [6, 6.07) is 5.77. The molecular formula is C12H9ClN4. The number of aromatic nitrogens is 4. The first kappa shape index (κ1) is 9.36. The van der Waals surface area contributed by atoms with Crippen LogP contribution in [0.1, 0.15) is 24.5 Å². The van der Waals surface area contributed by atoms with E-state index in [-0.39, 0.29) is 0 Å². The van der Waals surface area contributed by atoms with Crippen molar-refractivity contribution in [3.63, 3.8) is 0 Å². The van der Waals surface area contributed by atoms with E-state index >= 15 is 0 Å². The molecule has 3 heterocycles. The van der Waals surface area contributed by atoms with E-state index in [1.54, 1.807) is 10.7 Å². The van der Waals surface area contributed by atoms with Gasteiger partial charge in [-0.1, -0.05) is 11.6 Å². The van der Waals surface area contributed by atoms with Crippen molar-refractivity contribution < 1.29 is 0 Å². The average Bonchev–Trinajstić information content (AvgIpc) is 3.09. The highest BCUT2D eigenvalue weighted by molar-refractivity contribution is 6.33. The lowest BCUT2D eigenvalue weighted by molar-refractivity contribution is 0.903. The summed E-state index contributed by atoms with van der Waals surface area (Å²) in [6.45, 7) is 0. The Bertz CT molecular complexity index is 730. The lowest BCUT2D eigenvalue weighted by Gasteiger charge is -2.00. The van der Waals surface area contributed by atoms with E-state index < -0.39 is 0 Å². The maximum atomic E-state index is 6.17. The Kier molecular flexibility index (Phi) is 1.74. The number of nitrogens with zero attached hydrogens (tertiary/aromatic N) is 4. The number of hydrogen-bond donors (Lipinski definition) is 0. The van der Waals surface area contributed by atoms with Crippen molar-refractivity contribution in [3.05, 3.63) is 35.2 Å². The highest BCUT2D eigenvalue weighted by Crippen LogP contribution is 2.40. The molecule has 17 heavy (non-hydrogen) atoms. The fourth-order valence-corrected chi connectivity index (χ4v) is 2.31. The zero-order valence-electron chi connectivity index (χ0n) is 8.97. The van der Waals surface area contributed by atoms with Gasteiger partial charge in [-0.05, 0) is 31.0 Å². The van der Waals surface area contributed by atoms with Crippen molar-refractivity contribution in [3.8, 4) is 0 Å². The summed E-state index contributed by atoms with van der Waals surface area (Å²) >= 11 is 6.17. The predicted octanol–water partition coefficient (Wildman–Crippen LogP) is 2.81. The SMILES string of the molecule is Clc1nc2cccnc2n2nc(C3CC3)cc12. The summed E-state index contributed by atoms with van der Waals surface area (Å²) in [4.78, 5) is 8.66. The second-order valence-corrected chi connectivity index (χ2v) is 4.75. The van der Waals surface area contributed by atoms with Gasteiger partial charge in [-0.15, -0.1) is 0 Å². The second-order valence-electron chi connectivity index (χ2n) is 4.39. The largest absolute Gasteiger partial charge is 0.235 e. The molecule has 1 aliphatic carbocycles. The number of rotatable bonds is 1. The Morgan fingerprint density at radius 3 is 3.06 bits per heavy atom. The molecule has 0 unspecified atom stereocenters. The fourth-order valence-electron chi connectivity index (χ4n) is 2.09. The lowest BCUT2D eigenvalue weighted by Crippen LogP contribution is -1.96. The van der Waals surface area contributed by atoms with Gasteiger partial charge >= 0.3 is 0 Å². The highest BCUT2D eigenvalue weighted by atomic mass is 35.5. The Balaban J connectivity index is 2.15. The molecule has 0 aliphatic heterocycles. The standard InChI is InChI=1S/C12H9ClN4/c13-11-10-6-9(7-3-4-7)16-17(10)12-8(15-11)2-1-5-14-12/h1-2,5-7H,3-4H2. The van der Waals surface area contributed by atoms with Gasteiger partial charge in [-0.2, -0.15) is 5.10 Å². The third-order valence-electron chi connectivity index (χ3n) is 3.12. The number of halogens is 1. The molecule has 3 aromatic rings. The minimum absolute atomic E-state index is 0.491. The molecule has 0 amide bonds. The van der Waals surface area contributed by atoms with Crippen LogP contribution in [0.25, 0.3) is 16.7 Å². The topological polar surface area (TPSA) is 43.1 Å². The molecule has 0 atom stereocenters. The molecule has 0 bridgehead atoms. The average molecular weight is 245 g/mol. The van der Waals surface area contributed by atoms with Crippen LogP contribution in [0.4, 0.5) is 0 Å². The Morgan fingerprint density at radius 1 is 1.35 bits per heavy atom. The van der Waals surface area contributed by atoms with E-state index in [0.717, 1.165) is 22.4 Å². The third-order valence-corrected chi connectivity index (χ3v) is 3.40. The van der Waals surface area contributed by atoms with Gasteiger partial charge < -0.3 is 0 Å². The van der Waals surface area contributed by atoms with Crippen molar-refractivity contribution in [2.24, 2.45) is 0 Å². The molecule has 1 aliphatic rings. The summed E-state index contributed by atoms with van der Waals surface area (Å²) < 4.78 is 1.80. The third kappa shape index (κ3) is 1.34. The van der Waals surface area contributed by atoms with E-state index in [0.29, 0.717) is 11.1 Å². The maximum absolute atomic E-state index is 6.17. The molecule has 0 N–H and O–H groups in total. The van der Waals surface area contributed by atoms with Gasteiger partial charge in [-0.3, -0.25) is 0 Å². The molecule has 0 spiro atoms. The van der Waals surface area contributed by atoms with Crippen LogP contribution >= 0.6 is 11.6 Å². The smallest absolute Gasteiger partial charge is 0.180 e. The van der Waals surface area contributed by atoms with Gasteiger partial charge in [0, 0.05) is 12.1 Å². The zero-order chi connectivity index (χ0) is 11.4. The Labute approximate surface area is 102 Å². The number of fused-ring (bicyclic) bond motifs is 3. The lowest BCUT2D eigenvalue weighted by atomic mass is 10.3. The minimum Gasteiger partial charge on any atom is -0.235 e. The molecule has 0 radical (unpaired) electrons. The van der Waals surface area contributed by atoms with Crippen molar-refractivity contribution in [1.82, 2.24) is 19.6 Å². The molecule has 0 saturated heterocycles. The maximum Gasteiger partial charge on any atom is 0.180 e. The first-order chi connectivity index (χ1) is 8.33. The van der Waals surface area contributed by atoms with Crippen LogP contribution in [0.15, 0.2) is 24.4 Å². The van der Waals surface area contributed by atoms with Crippen LogP contribution in [0.3, 0.4) is 0 Å². The van der Waals surface area contributed by atoms with Crippen molar-refractivity contribution in [2.75, 3.05) is 0 Å². The van der Waals surface area contributed by atoms with Gasteiger partial charge in [0.1, 0.15) is 11.0 Å². The summed E-state index contributed by atoms with van der Waals surface area (Å²) in [5.74, 6) is 0.602. The zero-order valence-corrected chi connectivity index (χ0v) is 9.72. The summed E-state index contributed by atoms with van der Waals surface area (Å²) in [7, 11) is 0. The quantitative estimate of drug-likeness (QED) is 0.661. The van der Waals surface area contributed by atoms with Crippen molar-refractivity contribution in [2.45, 2.75) is 18.8 Å². The fraction of sp³-hybridized carbons (Fsp3) is 0.250. The van der Waals surface area contributed by atoms with Gasteiger partial charge in [0.15, 0.2) is 10.8 Å². The Morgan fingerprint density at radius 2 is 2.24 bits per heavy atom. The first-order valence-corrected chi connectivity index (χ1v) is 6.00.